The number of primary amides is 1. The number of nitrogens with one attached hydrogen (secondary N) is 2. The fourth-order valence-corrected chi connectivity index (χ4v) is 1.97. The largest absolute Gasteiger partial charge is 0.454 e. The molecule has 0 radical (unpaired) electrons. The molecule has 25 heavy (non-hydrogen) atoms. The highest BCUT2D eigenvalue weighted by Crippen LogP contribution is 2.08. The van der Waals surface area contributed by atoms with E-state index in [1.165, 1.54) is 6.07 Å². The molecular weight excluding hydrogens is 437 g/mol. The fraction of sp³-hybridized carbons (Fsp3) is 0.562. The maximum Gasteiger partial charge on any atom is 0.284 e. The van der Waals surface area contributed by atoms with Gasteiger partial charge in [-0.3, -0.25) is 9.59 Å². The monoisotopic (exact) mass is 465 g/mol. The number of aliphatic imine (C=N–C) groups is 1. The second-order valence-corrected chi connectivity index (χ2v) is 6.45. The van der Waals surface area contributed by atoms with Crippen LogP contribution in [0.25, 0.3) is 0 Å². The fourth-order valence-electron chi connectivity index (χ4n) is 1.97. The summed E-state index contributed by atoms with van der Waals surface area (Å²) in [6, 6.07) is 3.17. The van der Waals surface area contributed by atoms with Crippen LogP contribution in [0.15, 0.2) is 21.5 Å². The van der Waals surface area contributed by atoms with Crippen molar-refractivity contribution in [3.05, 3.63) is 23.7 Å². The molecule has 1 rings (SSSR count). The Bertz CT molecular complexity index is 607. The average molecular weight is 465 g/mol. The maximum atomic E-state index is 12.0. The van der Waals surface area contributed by atoms with Crippen molar-refractivity contribution in [3.8, 4) is 0 Å². The van der Waals surface area contributed by atoms with E-state index in [2.05, 4.69) is 15.6 Å². The highest BCUT2D eigenvalue weighted by molar-refractivity contribution is 14.0. The Balaban J connectivity index is 0.00000576. The first-order valence-corrected chi connectivity index (χ1v) is 7.81. The van der Waals surface area contributed by atoms with Gasteiger partial charge in [0.2, 0.25) is 5.91 Å². The van der Waals surface area contributed by atoms with Crippen LogP contribution < -0.4 is 16.4 Å². The number of halogens is 1. The number of hydrogen-bond acceptors (Lipinski definition) is 4. The number of carbonyl (C=O) groups excluding carboxylic acids is 2. The number of rotatable bonds is 6. The summed E-state index contributed by atoms with van der Waals surface area (Å²) in [5, 5.41) is 6.02. The van der Waals surface area contributed by atoms with Crippen molar-refractivity contribution in [2.75, 3.05) is 20.1 Å². The third-order valence-corrected chi connectivity index (χ3v) is 2.88. The lowest BCUT2D eigenvalue weighted by atomic mass is 10.1. The minimum Gasteiger partial charge on any atom is -0.454 e. The van der Waals surface area contributed by atoms with Gasteiger partial charge in [-0.1, -0.05) is 0 Å². The smallest absolute Gasteiger partial charge is 0.284 e. The Hall–Kier alpha value is -1.78. The van der Waals surface area contributed by atoms with Crippen LogP contribution >= 0.6 is 24.0 Å². The van der Waals surface area contributed by atoms with E-state index < -0.39 is 5.91 Å². The van der Waals surface area contributed by atoms with E-state index in [0.717, 1.165) is 0 Å². The predicted molar refractivity (Wildman–Crippen MR) is 108 cm³/mol. The highest BCUT2D eigenvalue weighted by Gasteiger charge is 2.17. The summed E-state index contributed by atoms with van der Waals surface area (Å²) in [7, 11) is 1.78. The van der Waals surface area contributed by atoms with Crippen LogP contribution in [0.1, 0.15) is 44.0 Å². The molecule has 8 nitrogen and oxygen atoms in total. The first kappa shape index (κ1) is 23.2. The Kier molecular flexibility index (Phi) is 9.53. The van der Waals surface area contributed by atoms with Gasteiger partial charge in [0, 0.05) is 19.1 Å². The van der Waals surface area contributed by atoms with Gasteiger partial charge in [0.1, 0.15) is 12.3 Å². The van der Waals surface area contributed by atoms with E-state index in [1.54, 1.807) is 18.0 Å². The average Bonchev–Trinajstić information content (AvgIpc) is 2.90. The molecule has 0 atom stereocenters. The molecule has 0 aromatic carbocycles. The Morgan fingerprint density at radius 3 is 2.44 bits per heavy atom. The van der Waals surface area contributed by atoms with Gasteiger partial charge in [0.05, 0.1) is 6.54 Å². The number of likely N-dealkylation sites (N-methyl/N-ethyl adjacent to an activating group) is 1. The number of carbonyl (C=O) groups is 2. The van der Waals surface area contributed by atoms with Gasteiger partial charge in [-0.05, 0) is 39.8 Å². The zero-order valence-corrected chi connectivity index (χ0v) is 17.7. The zero-order valence-electron chi connectivity index (χ0n) is 15.4. The second kappa shape index (κ2) is 10.3. The lowest BCUT2D eigenvalue weighted by Crippen LogP contribution is -2.48. The van der Waals surface area contributed by atoms with E-state index in [-0.39, 0.29) is 54.3 Å². The van der Waals surface area contributed by atoms with Crippen molar-refractivity contribution in [1.82, 2.24) is 15.5 Å². The molecule has 0 saturated carbocycles. The molecule has 2 amide bonds. The molecule has 0 aliphatic rings. The molecule has 0 spiro atoms. The molecule has 0 unspecified atom stereocenters. The number of furan rings is 1. The lowest BCUT2D eigenvalue weighted by Gasteiger charge is -2.25. The van der Waals surface area contributed by atoms with Gasteiger partial charge in [-0.15, -0.1) is 24.0 Å². The van der Waals surface area contributed by atoms with Crippen molar-refractivity contribution < 1.29 is 14.0 Å². The standard InChI is InChI=1S/C16H27N5O3.HI/c1-6-18-15(21(5)10-13(22)20-16(2,3)4)19-9-11-7-8-12(24-11)14(17)23;/h7-8H,6,9-10H2,1-5H3,(H2,17,23)(H,18,19)(H,20,22);1H. The topological polar surface area (TPSA) is 113 Å². The van der Waals surface area contributed by atoms with E-state index in [4.69, 9.17) is 10.2 Å². The van der Waals surface area contributed by atoms with Crippen molar-refractivity contribution in [2.45, 2.75) is 39.8 Å². The van der Waals surface area contributed by atoms with E-state index in [0.29, 0.717) is 18.3 Å². The van der Waals surface area contributed by atoms with Crippen LogP contribution in [0.5, 0.6) is 0 Å². The normalized spacial score (nSPS) is 11.5. The van der Waals surface area contributed by atoms with Crippen LogP contribution in [-0.2, 0) is 11.3 Å². The summed E-state index contributed by atoms with van der Waals surface area (Å²) in [5.74, 6) is 0.478. The number of nitrogens with two attached hydrogens (primary N) is 1. The molecule has 4 N–H and O–H groups in total. The summed E-state index contributed by atoms with van der Waals surface area (Å²) >= 11 is 0. The van der Waals surface area contributed by atoms with Crippen LogP contribution in [0.3, 0.4) is 0 Å². The molecule has 9 heteroatoms. The molecule has 0 fully saturated rings. The van der Waals surface area contributed by atoms with Gasteiger partial charge in [0.25, 0.3) is 5.91 Å². The van der Waals surface area contributed by atoms with Crippen LogP contribution in [0.2, 0.25) is 0 Å². The summed E-state index contributed by atoms with van der Waals surface area (Å²) in [5.41, 5.74) is 4.87. The number of nitrogens with zero attached hydrogens (tertiary/aromatic N) is 2. The van der Waals surface area contributed by atoms with Crippen molar-refractivity contribution in [2.24, 2.45) is 10.7 Å². The first-order valence-electron chi connectivity index (χ1n) is 7.81. The van der Waals surface area contributed by atoms with E-state index in [1.807, 2.05) is 27.7 Å². The highest BCUT2D eigenvalue weighted by atomic mass is 127. The Labute approximate surface area is 165 Å². The van der Waals surface area contributed by atoms with Crippen LogP contribution in [-0.4, -0.2) is 48.3 Å². The predicted octanol–water partition coefficient (Wildman–Crippen LogP) is 1.31. The first-order chi connectivity index (χ1) is 11.1. The van der Waals surface area contributed by atoms with Crippen molar-refractivity contribution >= 4 is 41.8 Å². The minimum atomic E-state index is -0.617. The number of guanidine groups is 1. The van der Waals surface area contributed by atoms with Crippen molar-refractivity contribution in [3.63, 3.8) is 0 Å². The number of hydrogen-bond donors (Lipinski definition) is 3. The molecule has 142 valence electrons. The van der Waals surface area contributed by atoms with Gasteiger partial charge >= 0.3 is 0 Å². The van der Waals surface area contributed by atoms with E-state index >= 15 is 0 Å². The summed E-state index contributed by atoms with van der Waals surface area (Å²) in [4.78, 5) is 29.2. The molecule has 1 aromatic heterocycles. The molecular formula is C16H28IN5O3. The molecule has 0 saturated heterocycles. The molecule has 1 heterocycles. The van der Waals surface area contributed by atoms with Gasteiger partial charge in [-0.25, -0.2) is 4.99 Å². The Morgan fingerprint density at radius 2 is 1.96 bits per heavy atom. The third kappa shape index (κ3) is 8.75. The zero-order chi connectivity index (χ0) is 18.3. The van der Waals surface area contributed by atoms with Gasteiger partial charge in [0.15, 0.2) is 11.7 Å². The maximum absolute atomic E-state index is 12.0. The van der Waals surface area contributed by atoms with Crippen LogP contribution in [0, 0.1) is 0 Å². The summed E-state index contributed by atoms with van der Waals surface area (Å²) in [6.07, 6.45) is 0. The molecule has 0 aliphatic carbocycles. The minimum absolute atomic E-state index is 0. The Morgan fingerprint density at radius 1 is 1.32 bits per heavy atom. The van der Waals surface area contributed by atoms with Gasteiger partial charge < -0.3 is 25.7 Å². The second-order valence-electron chi connectivity index (χ2n) is 6.45. The van der Waals surface area contributed by atoms with Crippen LogP contribution in [0.4, 0.5) is 0 Å². The van der Waals surface area contributed by atoms with E-state index in [9.17, 15) is 9.59 Å². The number of amides is 2. The van der Waals surface area contributed by atoms with Gasteiger partial charge in [-0.2, -0.15) is 0 Å². The summed E-state index contributed by atoms with van der Waals surface area (Å²) < 4.78 is 5.29. The summed E-state index contributed by atoms with van der Waals surface area (Å²) in [6.45, 7) is 8.80. The molecule has 0 bridgehead atoms. The SMILES string of the molecule is CCNC(=NCc1ccc(C(N)=O)o1)N(C)CC(=O)NC(C)(C)C.I. The lowest BCUT2D eigenvalue weighted by molar-refractivity contribution is -0.122. The third-order valence-electron chi connectivity index (χ3n) is 2.88. The van der Waals surface area contributed by atoms with Crippen molar-refractivity contribution in [1.29, 1.82) is 0 Å². The quantitative estimate of drug-likeness (QED) is 0.333. The molecule has 0 aliphatic heterocycles. The molecule has 1 aromatic rings.